The van der Waals surface area contributed by atoms with Crippen LogP contribution in [0.1, 0.15) is 58.2 Å². The van der Waals surface area contributed by atoms with Crippen LogP contribution in [0.4, 0.5) is 0 Å². The summed E-state index contributed by atoms with van der Waals surface area (Å²) in [5.41, 5.74) is 10.5. The van der Waals surface area contributed by atoms with Crippen LogP contribution >= 0.6 is 11.3 Å². The molecule has 0 bridgehead atoms. The van der Waals surface area contributed by atoms with Gasteiger partial charge in [-0.3, -0.25) is 14.7 Å². The number of amides is 1. The number of carbonyl (C=O) groups is 1. The Hall–Kier alpha value is -1.76. The highest BCUT2D eigenvalue weighted by Gasteiger charge is 2.27. The number of nitrogens with zero attached hydrogens (tertiary/aromatic N) is 2. The monoisotopic (exact) mass is 384 g/mol. The van der Waals surface area contributed by atoms with Crippen molar-refractivity contribution in [3.05, 3.63) is 51.0 Å². The molecular formula is C21H28N4OS. The Bertz CT molecular complexity index is 801. The maximum atomic E-state index is 12.7. The number of rotatable bonds is 5. The van der Waals surface area contributed by atoms with Gasteiger partial charge in [-0.25, -0.2) is 0 Å². The second kappa shape index (κ2) is 8.09. The topological polar surface area (TPSA) is 71.2 Å². The summed E-state index contributed by atoms with van der Waals surface area (Å²) in [5.74, 6) is 0.0804. The Morgan fingerprint density at radius 3 is 3.00 bits per heavy atom. The first-order valence-corrected chi connectivity index (χ1v) is 10.8. The number of nitrogens with one attached hydrogen (secondary N) is 1. The van der Waals surface area contributed by atoms with Crippen molar-refractivity contribution in [2.45, 2.75) is 64.2 Å². The molecule has 144 valence electrons. The SMILES string of the molecule is CCc1ccc(CN2CCc3c(C(=O)N[C@H]4CC[C@@H](N)C4)csc3C2)nc1. The van der Waals surface area contributed by atoms with Crippen molar-refractivity contribution in [1.82, 2.24) is 15.2 Å². The van der Waals surface area contributed by atoms with Gasteiger partial charge in [-0.15, -0.1) is 11.3 Å². The maximum Gasteiger partial charge on any atom is 0.252 e. The summed E-state index contributed by atoms with van der Waals surface area (Å²) in [6.45, 7) is 4.88. The van der Waals surface area contributed by atoms with Crippen LogP contribution in [0.25, 0.3) is 0 Å². The summed E-state index contributed by atoms with van der Waals surface area (Å²) in [7, 11) is 0. The first kappa shape index (κ1) is 18.6. The summed E-state index contributed by atoms with van der Waals surface area (Å²) in [4.78, 5) is 21.0. The van der Waals surface area contributed by atoms with E-state index in [9.17, 15) is 4.79 Å². The molecule has 3 N–H and O–H groups in total. The molecule has 1 aliphatic carbocycles. The second-order valence-electron chi connectivity index (χ2n) is 7.77. The van der Waals surface area contributed by atoms with Crippen LogP contribution in [0.2, 0.25) is 0 Å². The molecule has 5 nitrogen and oxygen atoms in total. The minimum atomic E-state index is 0.0804. The zero-order valence-electron chi connectivity index (χ0n) is 15.9. The fraction of sp³-hybridized carbons (Fsp3) is 0.524. The van der Waals surface area contributed by atoms with E-state index >= 15 is 0 Å². The number of nitrogens with two attached hydrogens (primary N) is 1. The molecule has 0 saturated heterocycles. The molecule has 27 heavy (non-hydrogen) atoms. The van der Waals surface area contributed by atoms with E-state index in [1.165, 1.54) is 16.0 Å². The van der Waals surface area contributed by atoms with Crippen LogP contribution in [-0.4, -0.2) is 34.4 Å². The van der Waals surface area contributed by atoms with E-state index in [1.807, 2.05) is 11.6 Å². The summed E-state index contributed by atoms with van der Waals surface area (Å²) in [5, 5.41) is 5.22. The van der Waals surface area contributed by atoms with Gasteiger partial charge in [0, 0.05) is 48.2 Å². The van der Waals surface area contributed by atoms with Gasteiger partial charge in [0.05, 0.1) is 11.3 Å². The van der Waals surface area contributed by atoms with E-state index in [1.54, 1.807) is 11.3 Å². The van der Waals surface area contributed by atoms with Gasteiger partial charge in [-0.2, -0.15) is 0 Å². The van der Waals surface area contributed by atoms with Crippen LogP contribution in [0.15, 0.2) is 23.7 Å². The van der Waals surface area contributed by atoms with Gasteiger partial charge in [0.25, 0.3) is 5.91 Å². The molecule has 0 unspecified atom stereocenters. The van der Waals surface area contributed by atoms with Crippen molar-refractivity contribution in [3.63, 3.8) is 0 Å². The van der Waals surface area contributed by atoms with E-state index in [0.717, 1.165) is 63.0 Å². The van der Waals surface area contributed by atoms with Crippen molar-refractivity contribution in [2.24, 2.45) is 5.73 Å². The number of carbonyl (C=O) groups excluding carboxylic acids is 1. The normalized spacial score (nSPS) is 22.6. The molecule has 6 heteroatoms. The molecule has 1 saturated carbocycles. The molecule has 0 spiro atoms. The highest BCUT2D eigenvalue weighted by Crippen LogP contribution is 2.30. The van der Waals surface area contributed by atoms with E-state index in [-0.39, 0.29) is 18.0 Å². The predicted molar refractivity (Wildman–Crippen MR) is 109 cm³/mol. The van der Waals surface area contributed by atoms with Crippen LogP contribution in [-0.2, 0) is 25.9 Å². The number of aromatic nitrogens is 1. The highest BCUT2D eigenvalue weighted by atomic mass is 32.1. The smallest absolute Gasteiger partial charge is 0.252 e. The Labute approximate surface area is 165 Å². The number of pyridine rings is 1. The van der Waals surface area contributed by atoms with Gasteiger partial charge >= 0.3 is 0 Å². The quantitative estimate of drug-likeness (QED) is 0.832. The number of hydrogen-bond donors (Lipinski definition) is 2. The molecule has 2 aliphatic rings. The van der Waals surface area contributed by atoms with Crippen molar-refractivity contribution < 1.29 is 4.79 Å². The lowest BCUT2D eigenvalue weighted by Gasteiger charge is -2.27. The standard InChI is InChI=1S/C21H28N4OS/c1-2-14-3-5-17(23-10-14)11-25-8-7-18-19(13-27-20(18)12-25)21(26)24-16-6-4-15(22)9-16/h3,5,10,13,15-16H,2,4,6-9,11-12,22H2,1H3,(H,24,26)/t15-,16+/m1/s1. The number of aryl methyl sites for hydroxylation is 1. The average molecular weight is 385 g/mol. The molecule has 2 aromatic rings. The Morgan fingerprint density at radius 2 is 2.30 bits per heavy atom. The van der Waals surface area contributed by atoms with Crippen LogP contribution in [0, 0.1) is 0 Å². The molecule has 1 aliphatic heterocycles. The van der Waals surface area contributed by atoms with E-state index < -0.39 is 0 Å². The maximum absolute atomic E-state index is 12.7. The Morgan fingerprint density at radius 1 is 1.41 bits per heavy atom. The number of fused-ring (bicyclic) bond motifs is 1. The molecule has 2 aromatic heterocycles. The van der Waals surface area contributed by atoms with Crippen molar-refractivity contribution in [2.75, 3.05) is 6.54 Å². The summed E-state index contributed by atoms with van der Waals surface area (Å²) in [6.07, 6.45) is 6.83. The highest BCUT2D eigenvalue weighted by molar-refractivity contribution is 7.10. The van der Waals surface area contributed by atoms with Gasteiger partial charge in [-0.1, -0.05) is 13.0 Å². The first-order valence-electron chi connectivity index (χ1n) is 9.94. The van der Waals surface area contributed by atoms with E-state index in [4.69, 9.17) is 5.73 Å². The van der Waals surface area contributed by atoms with Crippen molar-refractivity contribution in [3.8, 4) is 0 Å². The zero-order valence-corrected chi connectivity index (χ0v) is 16.7. The average Bonchev–Trinajstić information content (AvgIpc) is 3.28. The van der Waals surface area contributed by atoms with Crippen LogP contribution < -0.4 is 11.1 Å². The predicted octanol–water partition coefficient (Wildman–Crippen LogP) is 2.87. The minimum Gasteiger partial charge on any atom is -0.349 e. The summed E-state index contributed by atoms with van der Waals surface area (Å²) >= 11 is 1.71. The lowest BCUT2D eigenvalue weighted by molar-refractivity contribution is 0.0936. The third-order valence-electron chi connectivity index (χ3n) is 5.76. The van der Waals surface area contributed by atoms with E-state index in [0.29, 0.717) is 0 Å². The van der Waals surface area contributed by atoms with Crippen LogP contribution in [0.5, 0.6) is 0 Å². The van der Waals surface area contributed by atoms with Gasteiger partial charge in [0.1, 0.15) is 0 Å². The molecule has 0 radical (unpaired) electrons. The van der Waals surface area contributed by atoms with E-state index in [2.05, 4.69) is 34.3 Å². The Balaban J connectivity index is 1.38. The second-order valence-corrected chi connectivity index (χ2v) is 8.73. The molecule has 1 amide bonds. The first-order chi connectivity index (χ1) is 13.1. The lowest BCUT2D eigenvalue weighted by atomic mass is 10.0. The molecule has 1 fully saturated rings. The third kappa shape index (κ3) is 4.23. The largest absolute Gasteiger partial charge is 0.349 e. The zero-order chi connectivity index (χ0) is 18.8. The summed E-state index contributed by atoms with van der Waals surface area (Å²) in [6, 6.07) is 4.77. The minimum absolute atomic E-state index is 0.0804. The fourth-order valence-electron chi connectivity index (χ4n) is 4.10. The molecule has 4 rings (SSSR count). The fourth-order valence-corrected chi connectivity index (χ4v) is 5.23. The van der Waals surface area contributed by atoms with Crippen molar-refractivity contribution in [1.29, 1.82) is 0 Å². The molecule has 2 atom stereocenters. The summed E-state index contributed by atoms with van der Waals surface area (Å²) < 4.78 is 0. The Kier molecular flexibility index (Phi) is 5.57. The van der Waals surface area contributed by atoms with Crippen molar-refractivity contribution >= 4 is 17.2 Å². The third-order valence-corrected chi connectivity index (χ3v) is 6.77. The molecule has 0 aromatic carbocycles. The van der Waals surface area contributed by atoms with Crippen LogP contribution in [0.3, 0.4) is 0 Å². The number of hydrogen-bond acceptors (Lipinski definition) is 5. The van der Waals surface area contributed by atoms with Gasteiger partial charge in [0.2, 0.25) is 0 Å². The van der Waals surface area contributed by atoms with Gasteiger partial charge in [0.15, 0.2) is 0 Å². The molecular weight excluding hydrogens is 356 g/mol. The lowest BCUT2D eigenvalue weighted by Crippen LogP contribution is -2.35. The number of thiophene rings is 1. The van der Waals surface area contributed by atoms with Gasteiger partial charge < -0.3 is 11.1 Å². The molecule has 3 heterocycles. The van der Waals surface area contributed by atoms with Gasteiger partial charge in [-0.05, 0) is 49.3 Å².